The van der Waals surface area contributed by atoms with E-state index in [1.165, 1.54) is 0 Å². The lowest BCUT2D eigenvalue weighted by Crippen LogP contribution is -2.52. The summed E-state index contributed by atoms with van der Waals surface area (Å²) in [6, 6.07) is -0.826. The highest BCUT2D eigenvalue weighted by Crippen LogP contribution is 2.25. The van der Waals surface area contributed by atoms with Crippen molar-refractivity contribution in [2.75, 3.05) is 13.1 Å². The molecule has 132 valence electrons. The number of nitro groups is 1. The van der Waals surface area contributed by atoms with Crippen LogP contribution in [0.1, 0.15) is 38.5 Å². The van der Waals surface area contributed by atoms with E-state index in [-0.39, 0.29) is 18.6 Å². The van der Waals surface area contributed by atoms with E-state index in [1.807, 2.05) is 0 Å². The molecular formula is C13H26N6O4. The van der Waals surface area contributed by atoms with Crippen molar-refractivity contribution in [3.8, 4) is 0 Å². The van der Waals surface area contributed by atoms with E-state index in [4.69, 9.17) is 17.2 Å². The van der Waals surface area contributed by atoms with Gasteiger partial charge in [0.25, 0.3) is 5.96 Å². The molecule has 10 heteroatoms. The summed E-state index contributed by atoms with van der Waals surface area (Å²) >= 11 is 0. The van der Waals surface area contributed by atoms with Crippen molar-refractivity contribution in [1.29, 1.82) is 0 Å². The van der Waals surface area contributed by atoms with Crippen LogP contribution < -0.4 is 17.2 Å². The van der Waals surface area contributed by atoms with Crippen molar-refractivity contribution in [3.05, 3.63) is 10.1 Å². The molecule has 7 N–H and O–H groups in total. The maximum Gasteiger partial charge on any atom is 0.275 e. The van der Waals surface area contributed by atoms with Crippen LogP contribution in [0.3, 0.4) is 0 Å². The van der Waals surface area contributed by atoms with Crippen molar-refractivity contribution >= 4 is 11.9 Å². The molecule has 0 spiro atoms. The van der Waals surface area contributed by atoms with Crippen LogP contribution in [0.5, 0.6) is 0 Å². The first-order valence-corrected chi connectivity index (χ1v) is 7.78. The summed E-state index contributed by atoms with van der Waals surface area (Å²) in [5.74, 6) is -0.855. The quantitative estimate of drug-likeness (QED) is 0.199. The average Bonchev–Trinajstić information content (AvgIpc) is 2.50. The van der Waals surface area contributed by atoms with Gasteiger partial charge >= 0.3 is 0 Å². The molecule has 0 aromatic rings. The minimum atomic E-state index is -0.939. The second-order valence-corrected chi connectivity index (χ2v) is 5.86. The molecule has 0 unspecified atom stereocenters. The molecule has 0 saturated heterocycles. The molecule has 1 fully saturated rings. The van der Waals surface area contributed by atoms with Gasteiger partial charge in [0.05, 0.1) is 12.1 Å². The molecule has 1 rings (SSSR count). The number of hydrogen-bond donors (Lipinski definition) is 4. The first kappa shape index (κ1) is 19.3. The van der Waals surface area contributed by atoms with E-state index in [9.17, 15) is 20.0 Å². The highest BCUT2D eigenvalue weighted by molar-refractivity contribution is 5.98. The molecule has 1 saturated carbocycles. The predicted octanol–water partition coefficient (Wildman–Crippen LogP) is -1.06. The van der Waals surface area contributed by atoms with Crippen LogP contribution in [0.4, 0.5) is 0 Å². The topological polar surface area (TPSA) is 174 Å². The smallest absolute Gasteiger partial charge is 0.275 e. The van der Waals surface area contributed by atoms with E-state index >= 15 is 0 Å². The van der Waals surface area contributed by atoms with E-state index in [0.29, 0.717) is 45.1 Å². The summed E-state index contributed by atoms with van der Waals surface area (Å²) in [5, 5.41) is 22.2. The van der Waals surface area contributed by atoms with Crippen molar-refractivity contribution in [2.24, 2.45) is 28.2 Å². The van der Waals surface area contributed by atoms with Gasteiger partial charge in [-0.1, -0.05) is 0 Å². The number of aliphatic hydroxyl groups excluding tert-OH is 1. The highest BCUT2D eigenvalue weighted by atomic mass is 16.7. The predicted molar refractivity (Wildman–Crippen MR) is 84.6 cm³/mol. The molecule has 0 heterocycles. The summed E-state index contributed by atoms with van der Waals surface area (Å²) in [6.45, 7) is 0.616. The van der Waals surface area contributed by atoms with Gasteiger partial charge in [0, 0.05) is 6.54 Å². The SMILES string of the molecule is NCCC[C@@H](N)C(=O)N(CC1CCC(O)CC1)/C(N)=N\[N+](=O)[O-]. The van der Waals surface area contributed by atoms with Gasteiger partial charge in [-0.3, -0.25) is 9.69 Å². The molecule has 1 atom stereocenters. The summed E-state index contributed by atoms with van der Waals surface area (Å²) in [6.07, 6.45) is 3.33. The maximum atomic E-state index is 12.4. The van der Waals surface area contributed by atoms with Gasteiger partial charge in [0.15, 0.2) is 5.03 Å². The second kappa shape index (κ2) is 9.38. The summed E-state index contributed by atoms with van der Waals surface area (Å²) in [7, 11) is 0. The van der Waals surface area contributed by atoms with E-state index in [1.54, 1.807) is 0 Å². The van der Waals surface area contributed by atoms with E-state index in [2.05, 4.69) is 5.10 Å². The van der Waals surface area contributed by atoms with Crippen LogP contribution in [0.15, 0.2) is 5.10 Å². The van der Waals surface area contributed by atoms with Crippen molar-refractivity contribution in [2.45, 2.75) is 50.7 Å². The number of guanidine groups is 1. The number of rotatable bonds is 7. The summed E-state index contributed by atoms with van der Waals surface area (Å²) < 4.78 is 0. The standard InChI is InChI=1S/C13H26N6O4/c14-7-1-2-11(15)12(21)18(13(16)17-19(22)23)8-9-3-5-10(20)6-4-9/h9-11,20H,1-8,14-15H2,(H2,16,17)/t9?,10?,11-/m1/s1. The zero-order valence-electron chi connectivity index (χ0n) is 13.1. The van der Waals surface area contributed by atoms with Crippen LogP contribution in [0, 0.1) is 16.0 Å². The lowest BCUT2D eigenvalue weighted by molar-refractivity contribution is -0.485. The molecule has 1 aliphatic carbocycles. The highest BCUT2D eigenvalue weighted by Gasteiger charge is 2.29. The molecule has 23 heavy (non-hydrogen) atoms. The number of aliphatic hydroxyl groups is 1. The number of carbonyl (C=O) groups excluding carboxylic acids is 1. The molecule has 10 nitrogen and oxygen atoms in total. The van der Waals surface area contributed by atoms with Crippen molar-refractivity contribution < 1.29 is 14.9 Å². The lowest BCUT2D eigenvalue weighted by Gasteiger charge is -2.31. The molecular weight excluding hydrogens is 304 g/mol. The third kappa shape index (κ3) is 6.47. The van der Waals surface area contributed by atoms with Gasteiger partial charge in [-0.15, -0.1) is 0 Å². The Morgan fingerprint density at radius 1 is 1.39 bits per heavy atom. The monoisotopic (exact) mass is 330 g/mol. The molecule has 1 amide bonds. The molecule has 0 aromatic heterocycles. The van der Waals surface area contributed by atoms with Gasteiger partial charge in [0.2, 0.25) is 5.91 Å². The number of nitrogens with zero attached hydrogens (tertiary/aromatic N) is 3. The normalized spacial score (nSPS) is 23.3. The van der Waals surface area contributed by atoms with Gasteiger partial charge in [-0.25, -0.2) is 10.1 Å². The molecule has 0 bridgehead atoms. The number of hydrazone groups is 1. The first-order valence-electron chi connectivity index (χ1n) is 7.78. The average molecular weight is 330 g/mol. The zero-order valence-corrected chi connectivity index (χ0v) is 13.1. The van der Waals surface area contributed by atoms with Crippen molar-refractivity contribution in [1.82, 2.24) is 4.90 Å². The minimum Gasteiger partial charge on any atom is -0.393 e. The molecule has 1 aliphatic rings. The summed E-state index contributed by atoms with van der Waals surface area (Å²) in [5.41, 5.74) is 16.8. The van der Waals surface area contributed by atoms with E-state index in [0.717, 1.165) is 4.90 Å². The third-order valence-corrected chi connectivity index (χ3v) is 4.02. The van der Waals surface area contributed by atoms with Crippen molar-refractivity contribution in [3.63, 3.8) is 0 Å². The Balaban J connectivity index is 2.80. The van der Waals surface area contributed by atoms with Gasteiger partial charge in [-0.2, -0.15) is 0 Å². The Hall–Kier alpha value is -1.78. The fraction of sp³-hybridized carbons (Fsp3) is 0.846. The Morgan fingerprint density at radius 3 is 2.52 bits per heavy atom. The summed E-state index contributed by atoms with van der Waals surface area (Å²) in [4.78, 5) is 24.1. The lowest BCUT2D eigenvalue weighted by atomic mass is 9.87. The Labute approximate surface area is 134 Å². The van der Waals surface area contributed by atoms with E-state index < -0.39 is 22.9 Å². The molecule has 0 aromatic carbocycles. The minimum absolute atomic E-state index is 0.101. The second-order valence-electron chi connectivity index (χ2n) is 5.86. The Morgan fingerprint density at radius 2 is 2.00 bits per heavy atom. The number of amides is 1. The molecule has 0 aliphatic heterocycles. The Bertz CT molecular complexity index is 436. The van der Waals surface area contributed by atoms with Gasteiger partial charge in [-0.05, 0) is 51.0 Å². The van der Waals surface area contributed by atoms with Crippen LogP contribution in [-0.4, -0.2) is 52.1 Å². The van der Waals surface area contributed by atoms with Gasteiger partial charge < -0.3 is 22.3 Å². The molecule has 0 radical (unpaired) electrons. The Kier molecular flexibility index (Phi) is 7.86. The first-order chi connectivity index (χ1) is 10.8. The number of hydrogen-bond acceptors (Lipinski definition) is 6. The van der Waals surface area contributed by atoms with Gasteiger partial charge in [0.1, 0.15) is 5.10 Å². The largest absolute Gasteiger partial charge is 0.393 e. The van der Waals surface area contributed by atoms with Crippen LogP contribution in [0.25, 0.3) is 0 Å². The third-order valence-electron chi connectivity index (χ3n) is 4.02. The zero-order chi connectivity index (χ0) is 17.4. The maximum absolute atomic E-state index is 12.4. The number of nitrogens with two attached hydrogens (primary N) is 3. The van der Waals surface area contributed by atoms with Crippen LogP contribution >= 0.6 is 0 Å². The fourth-order valence-corrected chi connectivity index (χ4v) is 2.68. The van der Waals surface area contributed by atoms with Crippen LogP contribution in [0.2, 0.25) is 0 Å². The van der Waals surface area contributed by atoms with Crippen LogP contribution in [-0.2, 0) is 4.79 Å². The fourth-order valence-electron chi connectivity index (χ4n) is 2.68. The number of carbonyl (C=O) groups is 1.